The summed E-state index contributed by atoms with van der Waals surface area (Å²) in [6.07, 6.45) is 2.78. The highest BCUT2D eigenvalue weighted by atomic mass is 79.9. The van der Waals surface area contributed by atoms with Gasteiger partial charge in [-0.25, -0.2) is 4.79 Å². The predicted octanol–water partition coefficient (Wildman–Crippen LogP) is 3.34. The molecular formula is C14H12BrClN2O2. The third-order valence-electron chi connectivity index (χ3n) is 3.66. The Kier molecular flexibility index (Phi) is 3.56. The van der Waals surface area contributed by atoms with Crippen LogP contribution in [0.3, 0.4) is 0 Å². The Bertz CT molecular complexity index is 760. The Morgan fingerprint density at radius 1 is 1.20 bits per heavy atom. The number of hydrogen-bond donors (Lipinski definition) is 1. The van der Waals surface area contributed by atoms with Gasteiger partial charge in [-0.3, -0.25) is 14.3 Å². The molecule has 0 radical (unpaired) electrons. The van der Waals surface area contributed by atoms with Gasteiger partial charge in [-0.05, 0) is 37.0 Å². The molecule has 0 bridgehead atoms. The average Bonchev–Trinajstić information content (AvgIpc) is 2.34. The van der Waals surface area contributed by atoms with Crippen molar-refractivity contribution in [2.24, 2.45) is 0 Å². The molecule has 3 rings (SSSR count). The molecule has 1 aromatic carbocycles. The second-order valence-corrected chi connectivity index (χ2v) is 6.18. The van der Waals surface area contributed by atoms with Crippen LogP contribution in [0.15, 0.2) is 38.3 Å². The fourth-order valence-electron chi connectivity index (χ4n) is 2.37. The van der Waals surface area contributed by atoms with E-state index in [1.165, 1.54) is 4.57 Å². The van der Waals surface area contributed by atoms with Crippen molar-refractivity contribution in [1.82, 2.24) is 9.55 Å². The van der Waals surface area contributed by atoms with Crippen LogP contribution in [0.2, 0.25) is 5.15 Å². The molecule has 0 spiro atoms. The molecule has 1 aliphatic rings. The molecule has 0 aliphatic heterocycles. The summed E-state index contributed by atoms with van der Waals surface area (Å²) in [5, 5.41) is 0.0953. The number of rotatable bonds is 2. The Morgan fingerprint density at radius 3 is 2.40 bits per heavy atom. The monoisotopic (exact) mass is 354 g/mol. The van der Waals surface area contributed by atoms with Crippen molar-refractivity contribution in [2.45, 2.75) is 25.3 Å². The Hall–Kier alpha value is -1.33. The van der Waals surface area contributed by atoms with E-state index in [0.717, 1.165) is 23.7 Å². The van der Waals surface area contributed by atoms with Crippen molar-refractivity contribution in [2.75, 3.05) is 0 Å². The molecule has 0 atom stereocenters. The molecule has 2 aromatic rings. The Labute approximate surface area is 128 Å². The minimum absolute atomic E-state index is 0.00212. The molecule has 1 N–H and O–H groups in total. The maximum atomic E-state index is 12.6. The summed E-state index contributed by atoms with van der Waals surface area (Å²) in [5.41, 5.74) is 0.314. The van der Waals surface area contributed by atoms with Crippen molar-refractivity contribution in [3.05, 3.63) is 54.7 Å². The first-order chi connectivity index (χ1) is 9.58. The zero-order chi connectivity index (χ0) is 14.3. The fraction of sp³-hybridized carbons (Fsp3) is 0.286. The van der Waals surface area contributed by atoms with Crippen molar-refractivity contribution in [1.29, 1.82) is 0 Å². The van der Waals surface area contributed by atoms with Crippen molar-refractivity contribution in [3.8, 4) is 11.1 Å². The summed E-state index contributed by atoms with van der Waals surface area (Å²) in [7, 11) is 0. The summed E-state index contributed by atoms with van der Waals surface area (Å²) in [5.74, 6) is 0. The minimum atomic E-state index is -0.425. The molecule has 20 heavy (non-hydrogen) atoms. The fourth-order valence-corrected chi connectivity index (χ4v) is 2.90. The van der Waals surface area contributed by atoms with E-state index in [0.29, 0.717) is 11.1 Å². The van der Waals surface area contributed by atoms with Gasteiger partial charge in [-0.1, -0.05) is 39.7 Å². The van der Waals surface area contributed by atoms with E-state index in [2.05, 4.69) is 20.9 Å². The van der Waals surface area contributed by atoms with Crippen molar-refractivity contribution in [3.63, 3.8) is 0 Å². The average molecular weight is 356 g/mol. The van der Waals surface area contributed by atoms with Gasteiger partial charge in [-0.15, -0.1) is 0 Å². The molecule has 1 saturated carbocycles. The first-order valence-electron chi connectivity index (χ1n) is 6.38. The normalized spacial score (nSPS) is 15.1. The number of halogens is 2. The van der Waals surface area contributed by atoms with E-state index in [-0.39, 0.29) is 16.8 Å². The highest BCUT2D eigenvalue weighted by Crippen LogP contribution is 2.30. The number of nitrogens with one attached hydrogen (secondary N) is 1. The minimum Gasteiger partial charge on any atom is -0.297 e. The molecule has 0 amide bonds. The summed E-state index contributed by atoms with van der Waals surface area (Å²) in [6.45, 7) is 0. The van der Waals surface area contributed by atoms with Crippen molar-refractivity contribution >= 4 is 27.5 Å². The molecule has 0 unspecified atom stereocenters. The van der Waals surface area contributed by atoms with E-state index < -0.39 is 5.69 Å². The van der Waals surface area contributed by atoms with Crippen molar-refractivity contribution < 1.29 is 0 Å². The van der Waals surface area contributed by atoms with E-state index in [4.69, 9.17) is 11.6 Å². The molecule has 1 aliphatic carbocycles. The number of nitrogens with zero attached hydrogens (tertiary/aromatic N) is 1. The summed E-state index contributed by atoms with van der Waals surface area (Å²) in [4.78, 5) is 27.1. The number of aromatic amines is 1. The van der Waals surface area contributed by atoms with E-state index >= 15 is 0 Å². The lowest BCUT2D eigenvalue weighted by Crippen LogP contribution is -2.41. The lowest BCUT2D eigenvalue weighted by atomic mass is 9.92. The smallest absolute Gasteiger partial charge is 0.297 e. The molecule has 1 fully saturated rings. The zero-order valence-corrected chi connectivity index (χ0v) is 12.9. The number of hydrogen-bond acceptors (Lipinski definition) is 2. The lowest BCUT2D eigenvalue weighted by Gasteiger charge is -2.27. The van der Waals surface area contributed by atoms with Gasteiger partial charge < -0.3 is 0 Å². The maximum absolute atomic E-state index is 12.6. The SMILES string of the molecule is O=c1[nH]c(Cl)c(-c2ccc(Br)cc2)c(=O)n1C1CCC1. The third kappa shape index (κ3) is 2.25. The van der Waals surface area contributed by atoms with Crippen LogP contribution in [0.4, 0.5) is 0 Å². The number of aromatic nitrogens is 2. The maximum Gasteiger partial charge on any atom is 0.329 e. The summed E-state index contributed by atoms with van der Waals surface area (Å²) in [6, 6.07) is 7.28. The van der Waals surface area contributed by atoms with Crippen LogP contribution in [-0.2, 0) is 0 Å². The second-order valence-electron chi connectivity index (χ2n) is 4.89. The van der Waals surface area contributed by atoms with Crippen LogP contribution in [0, 0.1) is 0 Å². The Balaban J connectivity index is 2.22. The predicted molar refractivity (Wildman–Crippen MR) is 82.4 cm³/mol. The lowest BCUT2D eigenvalue weighted by molar-refractivity contribution is 0.297. The molecule has 4 nitrogen and oxygen atoms in total. The highest BCUT2D eigenvalue weighted by molar-refractivity contribution is 9.10. The molecule has 0 saturated heterocycles. The first kappa shape index (κ1) is 13.6. The standard InChI is InChI=1S/C14H12BrClN2O2/c15-9-6-4-8(5-7-9)11-12(16)17-14(20)18(13(11)19)10-2-1-3-10/h4-7,10H,1-3H2,(H,17,20). The molecular weight excluding hydrogens is 344 g/mol. The van der Waals surface area contributed by atoms with Gasteiger partial charge in [-0.2, -0.15) is 0 Å². The van der Waals surface area contributed by atoms with Crippen LogP contribution in [-0.4, -0.2) is 9.55 Å². The van der Waals surface area contributed by atoms with Gasteiger partial charge in [0.05, 0.1) is 5.56 Å². The second kappa shape index (κ2) is 5.22. The van der Waals surface area contributed by atoms with E-state index in [1.54, 1.807) is 12.1 Å². The van der Waals surface area contributed by atoms with Gasteiger partial charge in [0.1, 0.15) is 5.15 Å². The Morgan fingerprint density at radius 2 is 1.85 bits per heavy atom. The van der Waals surface area contributed by atoms with Crippen LogP contribution >= 0.6 is 27.5 Å². The largest absolute Gasteiger partial charge is 0.329 e. The third-order valence-corrected chi connectivity index (χ3v) is 4.47. The van der Waals surface area contributed by atoms with Crippen LogP contribution in [0.25, 0.3) is 11.1 Å². The van der Waals surface area contributed by atoms with E-state index in [1.807, 2.05) is 12.1 Å². The summed E-state index contributed by atoms with van der Waals surface area (Å²) < 4.78 is 2.22. The van der Waals surface area contributed by atoms with Gasteiger partial charge in [0.25, 0.3) is 5.56 Å². The molecule has 1 heterocycles. The molecule has 104 valence electrons. The van der Waals surface area contributed by atoms with Crippen LogP contribution in [0.1, 0.15) is 25.3 Å². The highest BCUT2D eigenvalue weighted by Gasteiger charge is 2.25. The number of benzene rings is 1. The van der Waals surface area contributed by atoms with Crippen LogP contribution < -0.4 is 11.2 Å². The van der Waals surface area contributed by atoms with Gasteiger partial charge in [0.2, 0.25) is 0 Å². The van der Waals surface area contributed by atoms with Gasteiger partial charge in [0.15, 0.2) is 0 Å². The van der Waals surface area contributed by atoms with Gasteiger partial charge >= 0.3 is 5.69 Å². The van der Waals surface area contributed by atoms with Crippen LogP contribution in [0.5, 0.6) is 0 Å². The molecule has 1 aromatic heterocycles. The topological polar surface area (TPSA) is 54.9 Å². The number of H-pyrrole nitrogens is 1. The quantitative estimate of drug-likeness (QED) is 0.840. The molecule has 6 heteroatoms. The van der Waals surface area contributed by atoms with Gasteiger partial charge in [0, 0.05) is 10.5 Å². The summed E-state index contributed by atoms with van der Waals surface area (Å²) >= 11 is 9.42. The zero-order valence-electron chi connectivity index (χ0n) is 10.5. The van der Waals surface area contributed by atoms with E-state index in [9.17, 15) is 9.59 Å². The first-order valence-corrected chi connectivity index (χ1v) is 7.55.